The Hall–Kier alpha value is -1.94. The van der Waals surface area contributed by atoms with Gasteiger partial charge in [-0.3, -0.25) is 14.3 Å². The zero-order valence-corrected chi connectivity index (χ0v) is 19.1. The Morgan fingerprint density at radius 1 is 1.30 bits per heavy atom. The number of amides is 2. The molecule has 0 aromatic carbocycles. The van der Waals surface area contributed by atoms with Crippen LogP contribution >= 0.6 is 0 Å². The summed E-state index contributed by atoms with van der Waals surface area (Å²) in [5.41, 5.74) is 2.40. The van der Waals surface area contributed by atoms with Gasteiger partial charge >= 0.3 is 0 Å². The Kier molecular flexibility index (Phi) is 6.57. The summed E-state index contributed by atoms with van der Waals surface area (Å²) in [6.07, 6.45) is 4.17. The fourth-order valence-electron chi connectivity index (χ4n) is 4.60. The Balaban J connectivity index is 1.71. The number of sulfonamides is 1. The number of aryl methyl sites for hydroxylation is 2. The molecule has 1 saturated heterocycles. The van der Waals surface area contributed by atoms with Crippen LogP contribution < -0.4 is 10.6 Å². The molecule has 168 valence electrons. The van der Waals surface area contributed by atoms with Crippen molar-refractivity contribution >= 4 is 21.8 Å². The second kappa shape index (κ2) is 8.66. The molecule has 1 spiro atoms. The first-order valence-corrected chi connectivity index (χ1v) is 12.3. The van der Waals surface area contributed by atoms with Gasteiger partial charge in [0.2, 0.25) is 21.8 Å². The average Bonchev–Trinajstić information content (AvgIpc) is 3.18. The molecule has 1 aromatic rings. The highest BCUT2D eigenvalue weighted by atomic mass is 32.2. The lowest BCUT2D eigenvalue weighted by atomic mass is 9.98. The van der Waals surface area contributed by atoms with Crippen molar-refractivity contribution in [3.05, 3.63) is 17.0 Å². The summed E-state index contributed by atoms with van der Waals surface area (Å²) in [6, 6.07) is -0.894. The molecule has 2 heterocycles. The van der Waals surface area contributed by atoms with Crippen molar-refractivity contribution in [1.82, 2.24) is 24.7 Å². The van der Waals surface area contributed by atoms with E-state index in [-0.39, 0.29) is 37.1 Å². The molecule has 2 aliphatic rings. The van der Waals surface area contributed by atoms with Crippen molar-refractivity contribution in [3.63, 3.8) is 0 Å². The zero-order valence-electron chi connectivity index (χ0n) is 18.3. The molecule has 30 heavy (non-hydrogen) atoms. The number of aromatic nitrogens is 2. The second-order valence-electron chi connectivity index (χ2n) is 8.56. The van der Waals surface area contributed by atoms with E-state index >= 15 is 0 Å². The predicted molar refractivity (Wildman–Crippen MR) is 113 cm³/mol. The van der Waals surface area contributed by atoms with E-state index in [9.17, 15) is 18.0 Å². The van der Waals surface area contributed by atoms with Crippen LogP contribution in [0.25, 0.3) is 0 Å². The Morgan fingerprint density at radius 3 is 2.53 bits per heavy atom. The molecule has 10 heteroatoms. The minimum atomic E-state index is -3.49. The summed E-state index contributed by atoms with van der Waals surface area (Å²) in [6.45, 7) is 5.72. The van der Waals surface area contributed by atoms with Crippen LogP contribution in [0.15, 0.2) is 0 Å². The van der Waals surface area contributed by atoms with Gasteiger partial charge in [-0.15, -0.1) is 0 Å². The minimum absolute atomic E-state index is 0.0273. The topological polar surface area (TPSA) is 113 Å². The van der Waals surface area contributed by atoms with Gasteiger partial charge < -0.3 is 10.6 Å². The maximum absolute atomic E-state index is 12.9. The van der Waals surface area contributed by atoms with Gasteiger partial charge in [0.1, 0.15) is 6.04 Å². The minimum Gasteiger partial charge on any atom is -0.348 e. The number of hydrogen-bond acceptors (Lipinski definition) is 5. The van der Waals surface area contributed by atoms with Crippen LogP contribution in [0.2, 0.25) is 0 Å². The standard InChI is InChI=1S/C20H33N5O4S/c1-5-30(28,29)25-12-17(19(27)22-20(13-25)10-6-7-11-20)21-18(26)9-8-16-14(2)23-24(4)15(16)3/h17H,5-13H2,1-4H3,(H,21,26)(H,22,27). The second-order valence-corrected chi connectivity index (χ2v) is 10.8. The van der Waals surface area contributed by atoms with E-state index in [4.69, 9.17) is 0 Å². The Bertz CT molecular complexity index is 918. The fraction of sp³-hybridized carbons (Fsp3) is 0.750. The fourth-order valence-corrected chi connectivity index (χ4v) is 5.79. The quantitative estimate of drug-likeness (QED) is 0.672. The SMILES string of the molecule is CCS(=O)(=O)N1CC(NC(=O)CCc2c(C)nn(C)c2C)C(=O)NC2(CCCC2)C1. The number of nitrogens with one attached hydrogen (secondary N) is 2. The third kappa shape index (κ3) is 4.69. The maximum Gasteiger partial charge on any atom is 0.244 e. The summed E-state index contributed by atoms with van der Waals surface area (Å²) >= 11 is 0. The molecule has 2 N–H and O–H groups in total. The molecule has 0 radical (unpaired) electrons. The molecule has 2 amide bonds. The number of carbonyl (C=O) groups excluding carboxylic acids is 2. The number of carbonyl (C=O) groups is 2. The molecule has 1 aromatic heterocycles. The first-order valence-electron chi connectivity index (χ1n) is 10.7. The third-order valence-corrected chi connectivity index (χ3v) is 8.28. The molecule has 3 rings (SSSR count). The average molecular weight is 440 g/mol. The summed E-state index contributed by atoms with van der Waals surface area (Å²) < 4.78 is 28.4. The molecule has 1 aliphatic heterocycles. The van der Waals surface area contributed by atoms with Crippen LogP contribution in [0.3, 0.4) is 0 Å². The van der Waals surface area contributed by atoms with Crippen molar-refractivity contribution in [1.29, 1.82) is 0 Å². The van der Waals surface area contributed by atoms with E-state index in [1.807, 2.05) is 20.9 Å². The van der Waals surface area contributed by atoms with E-state index in [1.165, 1.54) is 4.31 Å². The highest BCUT2D eigenvalue weighted by Crippen LogP contribution is 2.32. The first kappa shape index (κ1) is 22.7. The Morgan fingerprint density at radius 2 is 1.97 bits per heavy atom. The molecule has 1 atom stereocenters. The van der Waals surface area contributed by atoms with Gasteiger partial charge in [0.25, 0.3) is 0 Å². The maximum atomic E-state index is 12.9. The van der Waals surface area contributed by atoms with Gasteiger partial charge in [-0.1, -0.05) is 12.8 Å². The van der Waals surface area contributed by atoms with Gasteiger partial charge in [-0.25, -0.2) is 8.42 Å². The summed E-state index contributed by atoms with van der Waals surface area (Å²) in [5.74, 6) is -0.598. The van der Waals surface area contributed by atoms with Crippen molar-refractivity contribution in [2.45, 2.75) is 70.9 Å². The van der Waals surface area contributed by atoms with Gasteiger partial charge in [0, 0.05) is 32.3 Å². The lowest BCUT2D eigenvalue weighted by Gasteiger charge is -2.32. The zero-order chi connectivity index (χ0) is 22.1. The summed E-state index contributed by atoms with van der Waals surface area (Å²) in [7, 11) is -1.62. The normalized spacial score (nSPS) is 22.1. The lowest BCUT2D eigenvalue weighted by Crippen LogP contribution is -2.54. The van der Waals surface area contributed by atoms with Crippen molar-refractivity contribution in [2.24, 2.45) is 7.05 Å². The molecular formula is C20H33N5O4S. The van der Waals surface area contributed by atoms with Crippen LogP contribution in [0, 0.1) is 13.8 Å². The number of hydrogen-bond donors (Lipinski definition) is 2. The molecular weight excluding hydrogens is 406 g/mol. The van der Waals surface area contributed by atoms with E-state index in [0.29, 0.717) is 6.42 Å². The van der Waals surface area contributed by atoms with Crippen LogP contribution in [-0.2, 0) is 33.1 Å². The van der Waals surface area contributed by atoms with Crippen LogP contribution in [0.5, 0.6) is 0 Å². The first-order chi connectivity index (χ1) is 14.1. The molecule has 9 nitrogen and oxygen atoms in total. The van der Waals surface area contributed by atoms with E-state index in [0.717, 1.165) is 42.6 Å². The van der Waals surface area contributed by atoms with Crippen LogP contribution in [0.1, 0.15) is 56.0 Å². The number of nitrogens with zero attached hydrogens (tertiary/aromatic N) is 3. The van der Waals surface area contributed by atoms with Crippen LogP contribution in [0.4, 0.5) is 0 Å². The number of rotatable bonds is 6. The van der Waals surface area contributed by atoms with Crippen molar-refractivity contribution < 1.29 is 18.0 Å². The molecule has 1 aliphatic carbocycles. The van der Waals surface area contributed by atoms with Gasteiger partial charge in [-0.05, 0) is 45.6 Å². The molecule has 0 bridgehead atoms. The summed E-state index contributed by atoms with van der Waals surface area (Å²) in [4.78, 5) is 25.5. The van der Waals surface area contributed by atoms with Gasteiger partial charge in [0.15, 0.2) is 0 Å². The third-order valence-electron chi connectivity index (χ3n) is 6.49. The molecule has 1 unspecified atom stereocenters. The van der Waals surface area contributed by atoms with Crippen LogP contribution in [-0.4, -0.2) is 64.7 Å². The monoisotopic (exact) mass is 439 g/mol. The van der Waals surface area contributed by atoms with Crippen molar-refractivity contribution in [2.75, 3.05) is 18.8 Å². The van der Waals surface area contributed by atoms with Gasteiger partial charge in [0.05, 0.1) is 17.0 Å². The lowest BCUT2D eigenvalue weighted by molar-refractivity contribution is -0.129. The predicted octanol–water partition coefficient (Wildman–Crippen LogP) is 0.549. The molecule has 2 fully saturated rings. The highest BCUT2D eigenvalue weighted by Gasteiger charge is 2.44. The van der Waals surface area contributed by atoms with E-state index in [2.05, 4.69) is 15.7 Å². The molecule has 1 saturated carbocycles. The smallest absolute Gasteiger partial charge is 0.244 e. The highest BCUT2D eigenvalue weighted by molar-refractivity contribution is 7.89. The van der Waals surface area contributed by atoms with Crippen molar-refractivity contribution in [3.8, 4) is 0 Å². The van der Waals surface area contributed by atoms with E-state index in [1.54, 1.807) is 11.6 Å². The van der Waals surface area contributed by atoms with E-state index < -0.39 is 21.6 Å². The Labute approximate surface area is 178 Å². The largest absolute Gasteiger partial charge is 0.348 e. The van der Waals surface area contributed by atoms with Gasteiger partial charge in [-0.2, -0.15) is 9.40 Å². The summed E-state index contributed by atoms with van der Waals surface area (Å²) in [5, 5.41) is 10.2.